The Balaban J connectivity index is 2.49. The normalized spacial score (nSPS) is 10.3. The zero-order valence-corrected chi connectivity index (χ0v) is 11.9. The van der Waals surface area contributed by atoms with E-state index in [1.54, 1.807) is 0 Å². The maximum Gasteiger partial charge on any atom is 0.350 e. The molecule has 0 atom stereocenters. The maximum absolute atomic E-state index is 11.9. The molecule has 0 heterocycles. The maximum atomic E-state index is 11.9. The van der Waals surface area contributed by atoms with Crippen LogP contribution in [-0.4, -0.2) is 5.97 Å². The number of carbonyl (C=O) groups is 1. The third-order valence-electron chi connectivity index (χ3n) is 3.27. The van der Waals surface area contributed by atoms with E-state index in [2.05, 4.69) is 29.2 Å². The van der Waals surface area contributed by atoms with Gasteiger partial charge in [-0.15, -0.1) is 0 Å². The van der Waals surface area contributed by atoms with Crippen molar-refractivity contribution in [2.75, 3.05) is 0 Å². The molecule has 0 saturated heterocycles. The Labute approximate surface area is 119 Å². The van der Waals surface area contributed by atoms with Crippen molar-refractivity contribution in [1.82, 2.24) is 0 Å². The summed E-state index contributed by atoms with van der Waals surface area (Å²) in [4.78, 5) is 11.9. The second-order valence-electron chi connectivity index (χ2n) is 4.59. The molecule has 0 aliphatic heterocycles. The predicted octanol–water partition coefficient (Wildman–Crippen LogP) is 3.90. The van der Waals surface area contributed by atoms with Crippen molar-refractivity contribution in [3.05, 3.63) is 70.3 Å². The summed E-state index contributed by atoms with van der Waals surface area (Å²) in [5.41, 5.74) is 4.80. The van der Waals surface area contributed by atoms with Crippen molar-refractivity contribution in [3.8, 4) is 0 Å². The molecule has 98 valence electrons. The Morgan fingerprint density at radius 3 is 2.32 bits per heavy atom. The van der Waals surface area contributed by atoms with Crippen LogP contribution in [-0.2, 0) is 10.6 Å². The van der Waals surface area contributed by atoms with Crippen LogP contribution in [0.3, 0.4) is 0 Å². The topological polar surface area (TPSA) is 26.3 Å². The van der Waals surface area contributed by atoms with Crippen LogP contribution in [0.2, 0.25) is 0 Å². The molecule has 0 N–H and O–H groups in total. The lowest BCUT2D eigenvalue weighted by molar-refractivity contribution is 0.0770. The van der Waals surface area contributed by atoms with E-state index in [9.17, 15) is 4.79 Å². The summed E-state index contributed by atoms with van der Waals surface area (Å²) in [6, 6.07) is 14.0. The second kappa shape index (κ2) is 5.93. The zero-order chi connectivity index (χ0) is 13.8. The standard InChI is InChI=1S/C16H16O2S/c1-11-8-9-12(2)15(16(17)18-19)14(11)10-13-6-4-3-5-7-13/h3-9,19H,10H2,1-2H3. The molecule has 19 heavy (non-hydrogen) atoms. The largest absolute Gasteiger partial charge is 0.391 e. The van der Waals surface area contributed by atoms with Gasteiger partial charge in [-0.25, -0.2) is 4.79 Å². The molecule has 2 nitrogen and oxygen atoms in total. The molecule has 0 aliphatic carbocycles. The molecule has 0 aromatic heterocycles. The van der Waals surface area contributed by atoms with Crippen LogP contribution in [0.1, 0.15) is 32.6 Å². The van der Waals surface area contributed by atoms with Crippen molar-refractivity contribution in [3.63, 3.8) is 0 Å². The fourth-order valence-electron chi connectivity index (χ4n) is 2.23. The van der Waals surface area contributed by atoms with Gasteiger partial charge in [-0.2, -0.15) is 0 Å². The lowest BCUT2D eigenvalue weighted by Crippen LogP contribution is -2.08. The van der Waals surface area contributed by atoms with E-state index < -0.39 is 5.97 Å². The monoisotopic (exact) mass is 272 g/mol. The summed E-state index contributed by atoms with van der Waals surface area (Å²) in [5.74, 6) is -0.393. The van der Waals surface area contributed by atoms with E-state index >= 15 is 0 Å². The molecule has 2 aromatic carbocycles. The molecule has 2 rings (SSSR count). The van der Waals surface area contributed by atoms with E-state index in [-0.39, 0.29) is 0 Å². The minimum atomic E-state index is -0.393. The molecule has 0 unspecified atom stereocenters. The van der Waals surface area contributed by atoms with E-state index in [1.807, 2.05) is 44.2 Å². The summed E-state index contributed by atoms with van der Waals surface area (Å²) in [5, 5.41) is 0. The highest BCUT2D eigenvalue weighted by Crippen LogP contribution is 2.23. The summed E-state index contributed by atoms with van der Waals surface area (Å²) >= 11 is 3.63. The van der Waals surface area contributed by atoms with Crippen LogP contribution < -0.4 is 0 Å². The van der Waals surface area contributed by atoms with Crippen LogP contribution in [0.15, 0.2) is 42.5 Å². The quantitative estimate of drug-likeness (QED) is 0.677. The minimum Gasteiger partial charge on any atom is -0.391 e. The van der Waals surface area contributed by atoms with Gasteiger partial charge in [-0.05, 0) is 42.5 Å². The lowest BCUT2D eigenvalue weighted by atomic mass is 9.92. The number of rotatable bonds is 3. The minimum absolute atomic E-state index is 0.393. The van der Waals surface area contributed by atoms with Gasteiger partial charge in [0.25, 0.3) is 0 Å². The Bertz CT molecular complexity index is 591. The van der Waals surface area contributed by atoms with Crippen molar-refractivity contribution in [1.29, 1.82) is 0 Å². The van der Waals surface area contributed by atoms with Crippen LogP contribution >= 0.6 is 12.9 Å². The number of aryl methyl sites for hydroxylation is 2. The van der Waals surface area contributed by atoms with Gasteiger partial charge in [-0.1, -0.05) is 42.5 Å². The van der Waals surface area contributed by atoms with Gasteiger partial charge in [0.15, 0.2) is 0 Å². The summed E-state index contributed by atoms with van der Waals surface area (Å²) in [6.07, 6.45) is 0.715. The van der Waals surface area contributed by atoms with Gasteiger partial charge < -0.3 is 4.18 Å². The number of hydrogen-bond donors (Lipinski definition) is 1. The van der Waals surface area contributed by atoms with E-state index in [0.717, 1.165) is 16.7 Å². The van der Waals surface area contributed by atoms with Crippen molar-refractivity contribution in [2.24, 2.45) is 0 Å². The summed E-state index contributed by atoms with van der Waals surface area (Å²) in [6.45, 7) is 3.92. The molecule has 0 fully saturated rings. The first kappa shape index (κ1) is 13.7. The molecule has 0 saturated carbocycles. The first-order valence-electron chi connectivity index (χ1n) is 6.12. The van der Waals surface area contributed by atoms with E-state index in [4.69, 9.17) is 0 Å². The third-order valence-corrected chi connectivity index (χ3v) is 3.43. The lowest BCUT2D eigenvalue weighted by Gasteiger charge is -2.13. The molecule has 0 radical (unpaired) electrons. The highest BCUT2D eigenvalue weighted by Gasteiger charge is 2.17. The van der Waals surface area contributed by atoms with Gasteiger partial charge in [-0.3, -0.25) is 0 Å². The Hall–Kier alpha value is -1.74. The fraction of sp³-hybridized carbons (Fsp3) is 0.188. The molecule has 2 aromatic rings. The number of benzene rings is 2. The number of hydrogen-bond acceptors (Lipinski definition) is 3. The number of carbonyl (C=O) groups excluding carboxylic acids is 1. The highest BCUT2D eigenvalue weighted by atomic mass is 32.1. The van der Waals surface area contributed by atoms with Crippen LogP contribution in [0.4, 0.5) is 0 Å². The first-order valence-corrected chi connectivity index (χ1v) is 6.48. The average Bonchev–Trinajstić information content (AvgIpc) is 2.43. The van der Waals surface area contributed by atoms with E-state index in [1.165, 1.54) is 5.56 Å². The summed E-state index contributed by atoms with van der Waals surface area (Å²) in [7, 11) is 0. The van der Waals surface area contributed by atoms with Gasteiger partial charge in [0.1, 0.15) is 0 Å². The average molecular weight is 272 g/mol. The van der Waals surface area contributed by atoms with Gasteiger partial charge >= 0.3 is 5.97 Å². The van der Waals surface area contributed by atoms with Crippen LogP contribution in [0.5, 0.6) is 0 Å². The molecule has 0 spiro atoms. The third kappa shape index (κ3) is 2.99. The van der Waals surface area contributed by atoms with E-state index in [0.29, 0.717) is 12.0 Å². The zero-order valence-electron chi connectivity index (χ0n) is 11.0. The molecule has 0 aliphatic rings. The molecule has 3 heteroatoms. The fourth-order valence-corrected chi connectivity index (χ4v) is 2.32. The van der Waals surface area contributed by atoms with Gasteiger partial charge in [0.05, 0.1) is 5.56 Å². The van der Waals surface area contributed by atoms with Crippen molar-refractivity contribution >= 4 is 18.9 Å². The van der Waals surface area contributed by atoms with Gasteiger partial charge in [0, 0.05) is 12.9 Å². The second-order valence-corrected chi connectivity index (χ2v) is 4.78. The number of thiol groups is 1. The molecule has 0 bridgehead atoms. The summed E-state index contributed by atoms with van der Waals surface area (Å²) < 4.78 is 4.61. The van der Waals surface area contributed by atoms with Crippen molar-refractivity contribution in [2.45, 2.75) is 20.3 Å². The Morgan fingerprint density at radius 2 is 1.68 bits per heavy atom. The SMILES string of the molecule is Cc1ccc(C)c(C(=O)OS)c1Cc1ccccc1. The van der Waals surface area contributed by atoms with Crippen molar-refractivity contribution < 1.29 is 8.98 Å². The molecule has 0 amide bonds. The van der Waals surface area contributed by atoms with Crippen LogP contribution in [0.25, 0.3) is 0 Å². The Kier molecular flexibility index (Phi) is 4.27. The Morgan fingerprint density at radius 1 is 1.05 bits per heavy atom. The van der Waals surface area contributed by atoms with Gasteiger partial charge in [0.2, 0.25) is 0 Å². The molecular weight excluding hydrogens is 256 g/mol. The smallest absolute Gasteiger partial charge is 0.350 e. The van der Waals surface area contributed by atoms with Crippen LogP contribution in [0, 0.1) is 13.8 Å². The highest BCUT2D eigenvalue weighted by molar-refractivity contribution is 7.75. The predicted molar refractivity (Wildman–Crippen MR) is 79.6 cm³/mol. The first-order chi connectivity index (χ1) is 9.13. The molecular formula is C16H16O2S.